The predicted octanol–water partition coefficient (Wildman–Crippen LogP) is 3.19. The van der Waals surface area contributed by atoms with Gasteiger partial charge in [-0.15, -0.1) is 0 Å². The van der Waals surface area contributed by atoms with Gasteiger partial charge in [0.05, 0.1) is 4.92 Å². The molecule has 0 unspecified atom stereocenters. The molecule has 0 saturated carbocycles. The fourth-order valence-corrected chi connectivity index (χ4v) is 1.68. The molecule has 0 amide bonds. The van der Waals surface area contributed by atoms with Crippen LogP contribution in [-0.4, -0.2) is 10.0 Å². The zero-order chi connectivity index (χ0) is 13.8. The first-order chi connectivity index (χ1) is 9.08. The van der Waals surface area contributed by atoms with Crippen molar-refractivity contribution >= 4 is 5.69 Å². The lowest BCUT2D eigenvalue weighted by molar-refractivity contribution is -0.384. The maximum atomic E-state index is 10.7. The smallest absolute Gasteiger partial charge is 0.269 e. The van der Waals surface area contributed by atoms with Gasteiger partial charge in [0.2, 0.25) is 0 Å². The maximum absolute atomic E-state index is 10.7. The topological polar surface area (TPSA) is 72.6 Å². The minimum atomic E-state index is -0.441. The zero-order valence-electron chi connectivity index (χ0n) is 10.4. The van der Waals surface area contributed by atoms with Crippen LogP contribution in [0.25, 0.3) is 0 Å². The summed E-state index contributed by atoms with van der Waals surface area (Å²) in [5.74, 6) is 0.725. The van der Waals surface area contributed by atoms with Crippen molar-refractivity contribution in [1.29, 1.82) is 0 Å². The lowest BCUT2D eigenvalue weighted by atomic mass is 10.2. The number of hydrogen-bond donors (Lipinski definition) is 1. The number of non-ortho nitro benzene ring substituents is 1. The van der Waals surface area contributed by atoms with E-state index in [2.05, 4.69) is 0 Å². The van der Waals surface area contributed by atoms with Crippen molar-refractivity contribution < 1.29 is 14.8 Å². The zero-order valence-corrected chi connectivity index (χ0v) is 10.4. The molecule has 5 nitrogen and oxygen atoms in total. The molecule has 0 saturated heterocycles. The van der Waals surface area contributed by atoms with Crippen molar-refractivity contribution in [3.63, 3.8) is 0 Å². The van der Waals surface area contributed by atoms with Gasteiger partial charge in [-0.3, -0.25) is 10.1 Å². The monoisotopic (exact) mass is 259 g/mol. The largest absolute Gasteiger partial charge is 0.508 e. The Morgan fingerprint density at radius 1 is 1.26 bits per heavy atom. The van der Waals surface area contributed by atoms with Gasteiger partial charge in [0.25, 0.3) is 5.69 Å². The van der Waals surface area contributed by atoms with E-state index in [0.29, 0.717) is 16.9 Å². The first-order valence-corrected chi connectivity index (χ1v) is 5.72. The summed E-state index contributed by atoms with van der Waals surface area (Å²) in [6.45, 7) is 1.96. The van der Waals surface area contributed by atoms with Crippen LogP contribution in [0.2, 0.25) is 0 Å². The number of rotatable bonds is 4. The summed E-state index contributed by atoms with van der Waals surface area (Å²) in [7, 11) is 0. The van der Waals surface area contributed by atoms with Gasteiger partial charge in [-0.05, 0) is 24.6 Å². The molecule has 98 valence electrons. The normalized spacial score (nSPS) is 10.2. The Morgan fingerprint density at radius 2 is 2.00 bits per heavy atom. The summed E-state index contributed by atoms with van der Waals surface area (Å²) < 4.78 is 5.56. The second kappa shape index (κ2) is 5.39. The lowest BCUT2D eigenvalue weighted by Gasteiger charge is -2.09. The summed E-state index contributed by atoms with van der Waals surface area (Å²) in [5, 5.41) is 20.2. The Kier molecular flexibility index (Phi) is 3.66. The quantitative estimate of drug-likeness (QED) is 0.676. The standard InChI is InChI=1S/C14H13NO4/c1-10-13(16)6-3-7-14(10)19-9-11-4-2-5-12(8-11)15(17)18/h2-8,16H,9H2,1H3. The predicted molar refractivity (Wildman–Crippen MR) is 70.3 cm³/mol. The number of benzene rings is 2. The summed E-state index contributed by atoms with van der Waals surface area (Å²) in [6, 6.07) is 11.3. The molecular weight excluding hydrogens is 246 g/mol. The van der Waals surface area contributed by atoms with Crippen molar-refractivity contribution in [2.75, 3.05) is 0 Å². The SMILES string of the molecule is Cc1c(O)cccc1OCc1cccc([N+](=O)[O-])c1. The van der Waals surface area contributed by atoms with Gasteiger partial charge in [-0.2, -0.15) is 0 Å². The van der Waals surface area contributed by atoms with Gasteiger partial charge in [0.15, 0.2) is 0 Å². The summed E-state index contributed by atoms with van der Waals surface area (Å²) >= 11 is 0. The first-order valence-electron chi connectivity index (χ1n) is 5.72. The molecular formula is C14H13NO4. The number of phenols is 1. The Bertz CT molecular complexity index is 610. The highest BCUT2D eigenvalue weighted by Gasteiger charge is 2.07. The molecule has 0 heterocycles. The highest BCUT2D eigenvalue weighted by atomic mass is 16.6. The number of nitro groups is 1. The molecule has 0 atom stereocenters. The van der Waals surface area contributed by atoms with Crippen LogP contribution in [0.5, 0.6) is 11.5 Å². The van der Waals surface area contributed by atoms with Crippen molar-refractivity contribution in [1.82, 2.24) is 0 Å². The number of phenolic OH excluding ortho intramolecular Hbond substituents is 1. The number of hydrogen-bond acceptors (Lipinski definition) is 4. The number of nitrogens with zero attached hydrogens (tertiary/aromatic N) is 1. The van der Waals surface area contributed by atoms with E-state index in [-0.39, 0.29) is 18.0 Å². The van der Waals surface area contributed by atoms with Crippen molar-refractivity contribution in [3.05, 3.63) is 63.7 Å². The third-order valence-corrected chi connectivity index (χ3v) is 2.77. The van der Waals surface area contributed by atoms with Crippen molar-refractivity contribution in [3.8, 4) is 11.5 Å². The fourth-order valence-electron chi connectivity index (χ4n) is 1.68. The van der Waals surface area contributed by atoms with Gasteiger partial charge in [0.1, 0.15) is 18.1 Å². The average molecular weight is 259 g/mol. The van der Waals surface area contributed by atoms with E-state index in [4.69, 9.17) is 4.74 Å². The fraction of sp³-hybridized carbons (Fsp3) is 0.143. The van der Waals surface area contributed by atoms with Crippen LogP contribution < -0.4 is 4.74 Å². The van der Waals surface area contributed by atoms with Crippen molar-refractivity contribution in [2.24, 2.45) is 0 Å². The third kappa shape index (κ3) is 3.01. The number of nitro benzene ring substituents is 1. The molecule has 0 radical (unpaired) electrons. The van der Waals surface area contributed by atoms with E-state index in [1.54, 1.807) is 37.3 Å². The molecule has 0 bridgehead atoms. The van der Waals surface area contributed by atoms with Crippen LogP contribution in [-0.2, 0) is 6.61 Å². The van der Waals surface area contributed by atoms with Crippen LogP contribution in [0, 0.1) is 17.0 Å². The minimum Gasteiger partial charge on any atom is -0.508 e. The third-order valence-electron chi connectivity index (χ3n) is 2.77. The molecule has 0 aromatic heterocycles. The minimum absolute atomic E-state index is 0.0359. The molecule has 0 fully saturated rings. The van der Waals surface area contributed by atoms with Crippen LogP contribution in [0.3, 0.4) is 0 Å². The Hall–Kier alpha value is -2.56. The van der Waals surface area contributed by atoms with Gasteiger partial charge < -0.3 is 9.84 Å². The molecule has 0 spiro atoms. The van der Waals surface area contributed by atoms with Crippen LogP contribution in [0.4, 0.5) is 5.69 Å². The van der Waals surface area contributed by atoms with Crippen LogP contribution in [0.1, 0.15) is 11.1 Å². The number of ether oxygens (including phenoxy) is 1. The maximum Gasteiger partial charge on any atom is 0.269 e. The average Bonchev–Trinajstić information content (AvgIpc) is 2.41. The van der Waals surface area contributed by atoms with Crippen LogP contribution >= 0.6 is 0 Å². The van der Waals surface area contributed by atoms with E-state index < -0.39 is 4.92 Å². The summed E-state index contributed by atoms with van der Waals surface area (Å²) in [6.07, 6.45) is 0. The molecule has 0 aliphatic rings. The van der Waals surface area contributed by atoms with E-state index in [0.717, 1.165) is 0 Å². The molecule has 2 aromatic carbocycles. The Morgan fingerprint density at radius 3 is 2.74 bits per heavy atom. The highest BCUT2D eigenvalue weighted by molar-refractivity contribution is 5.42. The molecule has 2 aromatic rings. The second-order valence-electron chi connectivity index (χ2n) is 4.12. The van der Waals surface area contributed by atoms with E-state index in [1.165, 1.54) is 12.1 Å². The van der Waals surface area contributed by atoms with E-state index in [9.17, 15) is 15.2 Å². The first kappa shape index (κ1) is 12.9. The Balaban J connectivity index is 2.12. The van der Waals surface area contributed by atoms with Gasteiger partial charge >= 0.3 is 0 Å². The van der Waals surface area contributed by atoms with Gasteiger partial charge in [-0.25, -0.2) is 0 Å². The molecule has 19 heavy (non-hydrogen) atoms. The summed E-state index contributed by atoms with van der Waals surface area (Å²) in [5.41, 5.74) is 1.39. The van der Waals surface area contributed by atoms with Crippen molar-refractivity contribution in [2.45, 2.75) is 13.5 Å². The lowest BCUT2D eigenvalue weighted by Crippen LogP contribution is -1.98. The molecule has 5 heteroatoms. The van der Waals surface area contributed by atoms with Gasteiger partial charge in [0, 0.05) is 17.7 Å². The van der Waals surface area contributed by atoms with E-state index in [1.807, 2.05) is 0 Å². The van der Waals surface area contributed by atoms with Gasteiger partial charge in [-0.1, -0.05) is 18.2 Å². The Labute approximate surface area is 110 Å². The molecule has 1 N–H and O–H groups in total. The highest BCUT2D eigenvalue weighted by Crippen LogP contribution is 2.26. The number of aromatic hydroxyl groups is 1. The summed E-state index contributed by atoms with van der Waals surface area (Å²) in [4.78, 5) is 10.2. The van der Waals surface area contributed by atoms with E-state index >= 15 is 0 Å². The van der Waals surface area contributed by atoms with Crippen LogP contribution in [0.15, 0.2) is 42.5 Å². The molecule has 2 rings (SSSR count). The second-order valence-corrected chi connectivity index (χ2v) is 4.12. The molecule has 0 aliphatic carbocycles. The molecule has 0 aliphatic heterocycles.